The third kappa shape index (κ3) is 2.37. The molecular formula is C24H36O. The summed E-state index contributed by atoms with van der Waals surface area (Å²) in [5, 5.41) is 0. The molecule has 3 saturated carbocycles. The van der Waals surface area contributed by atoms with Gasteiger partial charge in [-0.2, -0.15) is 0 Å². The minimum absolute atomic E-state index is 0.204. The highest BCUT2D eigenvalue weighted by Gasteiger charge is 2.61. The standard InChI is InChI=1S/C24H36O/c1-6-16(3)22-21(25)14-20-18-8-7-17-13-15(2)9-11-23(17,4)19(18)10-12-24(20,22)5/h6-7,15-16,18-20,22H,1,8-14H2,2-5H3/t15-,16+,18?,19?,20?,22-,23-,24-/m0/s1. The number of hydrogen-bond donors (Lipinski definition) is 0. The summed E-state index contributed by atoms with van der Waals surface area (Å²) in [7, 11) is 0. The number of allylic oxidation sites excluding steroid dienone is 3. The molecule has 4 aliphatic carbocycles. The SMILES string of the molecule is C=C[C@@H](C)[C@H]1C(=O)CC2C3CC=C4C[C@@H](C)CC[C@]4(C)C3CC[C@@]21C. The third-order valence-electron chi connectivity index (χ3n) is 9.16. The molecule has 0 bridgehead atoms. The largest absolute Gasteiger partial charge is 0.299 e. The maximum absolute atomic E-state index is 13.0. The van der Waals surface area contributed by atoms with Gasteiger partial charge in [0.1, 0.15) is 5.78 Å². The lowest BCUT2D eigenvalue weighted by Crippen LogP contribution is -2.50. The van der Waals surface area contributed by atoms with Crippen molar-refractivity contribution < 1.29 is 4.79 Å². The Morgan fingerprint density at radius 2 is 1.96 bits per heavy atom. The lowest BCUT2D eigenvalue weighted by molar-refractivity contribution is -0.123. The second-order valence-electron chi connectivity index (χ2n) is 10.4. The molecule has 0 saturated heterocycles. The number of fused-ring (bicyclic) bond motifs is 5. The Bertz CT molecular complexity index is 616. The highest BCUT2D eigenvalue weighted by Crippen LogP contribution is 2.66. The fourth-order valence-corrected chi connectivity index (χ4v) is 7.70. The van der Waals surface area contributed by atoms with Gasteiger partial charge in [0.05, 0.1) is 0 Å². The van der Waals surface area contributed by atoms with E-state index < -0.39 is 0 Å². The van der Waals surface area contributed by atoms with Crippen molar-refractivity contribution in [3.8, 4) is 0 Å². The first-order valence-electron chi connectivity index (χ1n) is 10.7. The van der Waals surface area contributed by atoms with E-state index in [9.17, 15) is 4.79 Å². The Balaban J connectivity index is 1.68. The van der Waals surface area contributed by atoms with Crippen LogP contribution in [-0.4, -0.2) is 5.78 Å². The van der Waals surface area contributed by atoms with E-state index in [4.69, 9.17) is 0 Å². The van der Waals surface area contributed by atoms with Crippen molar-refractivity contribution >= 4 is 5.78 Å². The molecule has 4 aliphatic rings. The third-order valence-corrected chi connectivity index (χ3v) is 9.16. The molecule has 4 rings (SSSR count). The van der Waals surface area contributed by atoms with Crippen LogP contribution < -0.4 is 0 Å². The van der Waals surface area contributed by atoms with Crippen LogP contribution in [0.15, 0.2) is 24.3 Å². The smallest absolute Gasteiger partial charge is 0.137 e. The minimum atomic E-state index is 0.204. The second kappa shape index (κ2) is 5.83. The molecule has 1 heteroatoms. The van der Waals surface area contributed by atoms with Crippen LogP contribution in [0.3, 0.4) is 0 Å². The number of Topliss-reactive ketones (excluding diaryl/α,β-unsaturated/α-hetero) is 1. The number of hydrogen-bond acceptors (Lipinski definition) is 1. The van der Waals surface area contributed by atoms with E-state index in [-0.39, 0.29) is 11.3 Å². The summed E-state index contributed by atoms with van der Waals surface area (Å²) in [4.78, 5) is 13.0. The van der Waals surface area contributed by atoms with Gasteiger partial charge in [0, 0.05) is 12.3 Å². The zero-order chi connectivity index (χ0) is 18.0. The monoisotopic (exact) mass is 340 g/mol. The van der Waals surface area contributed by atoms with Crippen LogP contribution in [0.4, 0.5) is 0 Å². The number of carbonyl (C=O) groups excluding carboxylic acids is 1. The molecule has 0 spiro atoms. The molecule has 0 amide bonds. The topological polar surface area (TPSA) is 17.1 Å². The fraction of sp³-hybridized carbons (Fsp3) is 0.792. The molecule has 0 heterocycles. The van der Waals surface area contributed by atoms with Crippen molar-refractivity contribution in [1.82, 2.24) is 0 Å². The van der Waals surface area contributed by atoms with Crippen LogP contribution in [0, 0.1) is 46.3 Å². The Morgan fingerprint density at radius 3 is 2.68 bits per heavy atom. The van der Waals surface area contributed by atoms with Gasteiger partial charge in [-0.25, -0.2) is 0 Å². The average molecular weight is 341 g/mol. The number of rotatable bonds is 2. The van der Waals surface area contributed by atoms with Gasteiger partial charge in [-0.15, -0.1) is 6.58 Å². The van der Waals surface area contributed by atoms with E-state index in [2.05, 4.69) is 40.3 Å². The molecule has 0 aliphatic heterocycles. The summed E-state index contributed by atoms with van der Waals surface area (Å²) in [6.45, 7) is 13.6. The molecule has 3 fully saturated rings. The molecule has 1 nitrogen and oxygen atoms in total. The predicted octanol–water partition coefficient (Wildman–Crippen LogP) is 6.20. The molecule has 0 N–H and O–H groups in total. The van der Waals surface area contributed by atoms with E-state index in [1.54, 1.807) is 5.57 Å². The van der Waals surface area contributed by atoms with Crippen molar-refractivity contribution in [1.29, 1.82) is 0 Å². The predicted molar refractivity (Wildman–Crippen MR) is 104 cm³/mol. The van der Waals surface area contributed by atoms with Gasteiger partial charge in [-0.1, -0.05) is 45.4 Å². The minimum Gasteiger partial charge on any atom is -0.299 e. The molecule has 0 radical (unpaired) electrons. The zero-order valence-electron chi connectivity index (χ0n) is 16.7. The van der Waals surface area contributed by atoms with Crippen LogP contribution in [-0.2, 0) is 4.79 Å². The number of carbonyl (C=O) groups is 1. The lowest BCUT2D eigenvalue weighted by Gasteiger charge is -2.58. The van der Waals surface area contributed by atoms with Crippen molar-refractivity contribution in [3.05, 3.63) is 24.3 Å². The summed E-state index contributed by atoms with van der Waals surface area (Å²) in [6.07, 6.45) is 13.3. The van der Waals surface area contributed by atoms with E-state index in [0.717, 1.165) is 24.2 Å². The van der Waals surface area contributed by atoms with Gasteiger partial charge in [-0.3, -0.25) is 4.79 Å². The Morgan fingerprint density at radius 1 is 1.20 bits per heavy atom. The van der Waals surface area contributed by atoms with Crippen molar-refractivity contribution in [2.24, 2.45) is 46.3 Å². The molecule has 8 atom stereocenters. The zero-order valence-corrected chi connectivity index (χ0v) is 16.7. The maximum atomic E-state index is 13.0. The van der Waals surface area contributed by atoms with Gasteiger partial charge >= 0.3 is 0 Å². The molecule has 0 aromatic heterocycles. The molecular weight excluding hydrogens is 304 g/mol. The van der Waals surface area contributed by atoms with Gasteiger partial charge in [-0.05, 0) is 78.9 Å². The lowest BCUT2D eigenvalue weighted by atomic mass is 9.46. The second-order valence-corrected chi connectivity index (χ2v) is 10.4. The highest BCUT2D eigenvalue weighted by molar-refractivity contribution is 5.85. The maximum Gasteiger partial charge on any atom is 0.137 e. The molecule has 25 heavy (non-hydrogen) atoms. The molecule has 0 aromatic carbocycles. The number of ketones is 1. The van der Waals surface area contributed by atoms with Crippen molar-refractivity contribution in [2.45, 2.75) is 72.6 Å². The van der Waals surface area contributed by atoms with Crippen LogP contribution in [0.2, 0.25) is 0 Å². The van der Waals surface area contributed by atoms with Gasteiger partial charge in [0.15, 0.2) is 0 Å². The normalized spacial score (nSPS) is 50.3. The van der Waals surface area contributed by atoms with E-state index >= 15 is 0 Å². The van der Waals surface area contributed by atoms with Crippen LogP contribution in [0.25, 0.3) is 0 Å². The van der Waals surface area contributed by atoms with Crippen LogP contribution in [0.5, 0.6) is 0 Å². The summed E-state index contributed by atoms with van der Waals surface area (Å²) in [6, 6.07) is 0. The average Bonchev–Trinajstić information content (AvgIpc) is 2.85. The Hall–Kier alpha value is -0.850. The van der Waals surface area contributed by atoms with Crippen LogP contribution in [0.1, 0.15) is 72.6 Å². The summed E-state index contributed by atoms with van der Waals surface area (Å²) in [5.41, 5.74) is 2.38. The Kier molecular flexibility index (Phi) is 4.09. The fourth-order valence-electron chi connectivity index (χ4n) is 7.70. The first-order chi connectivity index (χ1) is 11.8. The van der Waals surface area contributed by atoms with E-state index in [1.165, 1.54) is 38.5 Å². The van der Waals surface area contributed by atoms with Crippen molar-refractivity contribution in [3.63, 3.8) is 0 Å². The van der Waals surface area contributed by atoms with E-state index in [0.29, 0.717) is 23.0 Å². The molecule has 0 aromatic rings. The van der Waals surface area contributed by atoms with Gasteiger partial charge in [0.25, 0.3) is 0 Å². The first kappa shape index (κ1) is 17.6. The van der Waals surface area contributed by atoms with E-state index in [1.807, 2.05) is 6.08 Å². The molecule has 138 valence electrons. The highest BCUT2D eigenvalue weighted by atomic mass is 16.1. The van der Waals surface area contributed by atoms with Crippen LogP contribution >= 0.6 is 0 Å². The Labute approximate surface area is 154 Å². The molecule has 3 unspecified atom stereocenters. The van der Waals surface area contributed by atoms with Gasteiger partial charge in [0.2, 0.25) is 0 Å². The van der Waals surface area contributed by atoms with Crippen molar-refractivity contribution in [2.75, 3.05) is 0 Å². The first-order valence-corrected chi connectivity index (χ1v) is 10.7. The summed E-state index contributed by atoms with van der Waals surface area (Å²) >= 11 is 0. The summed E-state index contributed by atoms with van der Waals surface area (Å²) in [5.74, 6) is 4.05. The summed E-state index contributed by atoms with van der Waals surface area (Å²) < 4.78 is 0. The van der Waals surface area contributed by atoms with Gasteiger partial charge < -0.3 is 0 Å². The quantitative estimate of drug-likeness (QED) is 0.547.